The standard InChI is InChI=1S/C9H7Br2N3S/c1-4-8(12)14-9(15-4)7-6(11)2-5(10)3-13-7/h2-3H,12H2,1H3. The molecule has 6 heteroatoms. The lowest BCUT2D eigenvalue weighted by atomic mass is 10.4. The Morgan fingerprint density at radius 1 is 1.40 bits per heavy atom. The van der Waals surface area contributed by atoms with Gasteiger partial charge in [-0.3, -0.25) is 4.98 Å². The molecule has 0 saturated carbocycles. The van der Waals surface area contributed by atoms with E-state index in [4.69, 9.17) is 5.73 Å². The van der Waals surface area contributed by atoms with Crippen LogP contribution in [0.25, 0.3) is 10.7 Å². The summed E-state index contributed by atoms with van der Waals surface area (Å²) in [6.07, 6.45) is 1.74. The minimum Gasteiger partial charge on any atom is -0.383 e. The maximum Gasteiger partial charge on any atom is 0.145 e. The number of thiazole rings is 1. The first kappa shape index (κ1) is 11.0. The van der Waals surface area contributed by atoms with E-state index in [1.807, 2.05) is 13.0 Å². The molecule has 0 aliphatic rings. The van der Waals surface area contributed by atoms with E-state index < -0.39 is 0 Å². The summed E-state index contributed by atoms with van der Waals surface area (Å²) in [5, 5.41) is 0.837. The summed E-state index contributed by atoms with van der Waals surface area (Å²) < 4.78 is 1.84. The fraction of sp³-hybridized carbons (Fsp3) is 0.111. The summed E-state index contributed by atoms with van der Waals surface area (Å²) in [7, 11) is 0. The van der Waals surface area contributed by atoms with Gasteiger partial charge in [0, 0.05) is 20.0 Å². The second-order valence-corrected chi connectivity index (χ2v) is 5.92. The van der Waals surface area contributed by atoms with Gasteiger partial charge in [-0.1, -0.05) is 0 Å². The number of nitrogen functional groups attached to an aromatic ring is 1. The molecule has 0 spiro atoms. The van der Waals surface area contributed by atoms with Crippen molar-refractivity contribution in [1.82, 2.24) is 9.97 Å². The number of rotatable bonds is 1. The van der Waals surface area contributed by atoms with E-state index in [1.165, 1.54) is 0 Å². The molecule has 2 aromatic heterocycles. The minimum atomic E-state index is 0.576. The lowest BCUT2D eigenvalue weighted by Gasteiger charge is -1.99. The number of nitrogens with zero attached hydrogens (tertiary/aromatic N) is 2. The first-order chi connectivity index (χ1) is 7.08. The van der Waals surface area contributed by atoms with Crippen molar-refractivity contribution in [3.8, 4) is 10.7 Å². The summed E-state index contributed by atoms with van der Waals surface area (Å²) >= 11 is 8.35. The summed E-state index contributed by atoms with van der Waals surface area (Å²) in [5.74, 6) is 0.576. The van der Waals surface area contributed by atoms with Crippen LogP contribution in [0.5, 0.6) is 0 Å². The highest BCUT2D eigenvalue weighted by Gasteiger charge is 2.11. The number of nitrogens with two attached hydrogens (primary N) is 1. The van der Waals surface area contributed by atoms with Gasteiger partial charge in [0.25, 0.3) is 0 Å². The van der Waals surface area contributed by atoms with Crippen molar-refractivity contribution in [2.75, 3.05) is 5.73 Å². The van der Waals surface area contributed by atoms with E-state index in [2.05, 4.69) is 41.8 Å². The molecule has 0 unspecified atom stereocenters. The van der Waals surface area contributed by atoms with Gasteiger partial charge in [-0.2, -0.15) is 0 Å². The normalized spacial score (nSPS) is 10.6. The summed E-state index contributed by atoms with van der Waals surface area (Å²) in [6.45, 7) is 1.95. The van der Waals surface area contributed by atoms with E-state index in [-0.39, 0.29) is 0 Å². The predicted octanol–water partition coefficient (Wildman–Crippen LogP) is 3.62. The zero-order valence-corrected chi connectivity index (χ0v) is 11.8. The zero-order valence-electron chi connectivity index (χ0n) is 7.79. The van der Waals surface area contributed by atoms with Gasteiger partial charge in [-0.25, -0.2) is 4.98 Å². The lowest BCUT2D eigenvalue weighted by molar-refractivity contribution is 1.26. The second kappa shape index (κ2) is 4.19. The van der Waals surface area contributed by atoms with Crippen LogP contribution < -0.4 is 5.73 Å². The molecule has 2 heterocycles. The van der Waals surface area contributed by atoms with E-state index in [0.717, 1.165) is 24.5 Å². The van der Waals surface area contributed by atoms with Gasteiger partial charge in [0.05, 0.1) is 0 Å². The smallest absolute Gasteiger partial charge is 0.145 e. The molecule has 0 amide bonds. The third-order valence-corrected chi connectivity index (χ3v) is 3.87. The Balaban J connectivity index is 2.54. The van der Waals surface area contributed by atoms with Crippen LogP contribution in [0.1, 0.15) is 4.88 Å². The molecule has 0 aliphatic carbocycles. The third kappa shape index (κ3) is 2.21. The Bertz CT molecular complexity index is 491. The van der Waals surface area contributed by atoms with Crippen molar-refractivity contribution < 1.29 is 0 Å². The monoisotopic (exact) mass is 347 g/mol. The van der Waals surface area contributed by atoms with Crippen LogP contribution in [0.2, 0.25) is 0 Å². The summed E-state index contributed by atoms with van der Waals surface area (Å²) in [4.78, 5) is 9.58. The van der Waals surface area contributed by atoms with Gasteiger partial charge in [0.1, 0.15) is 16.5 Å². The molecular formula is C9H7Br2N3S. The molecule has 0 aromatic carbocycles. The number of aromatic nitrogens is 2. The van der Waals surface area contributed by atoms with Crippen LogP contribution in [0.15, 0.2) is 21.2 Å². The zero-order chi connectivity index (χ0) is 11.0. The maximum absolute atomic E-state index is 5.70. The molecular weight excluding hydrogens is 342 g/mol. The molecule has 2 rings (SSSR count). The third-order valence-electron chi connectivity index (χ3n) is 1.84. The summed E-state index contributed by atoms with van der Waals surface area (Å²) in [5.41, 5.74) is 6.53. The molecule has 15 heavy (non-hydrogen) atoms. The fourth-order valence-electron chi connectivity index (χ4n) is 1.08. The van der Waals surface area contributed by atoms with Gasteiger partial charge >= 0.3 is 0 Å². The molecule has 0 saturated heterocycles. The van der Waals surface area contributed by atoms with Gasteiger partial charge in [0.15, 0.2) is 0 Å². The average Bonchev–Trinajstić information content (AvgIpc) is 2.46. The number of halogens is 2. The number of hydrogen-bond donors (Lipinski definition) is 1. The minimum absolute atomic E-state index is 0.576. The highest BCUT2D eigenvalue weighted by Crippen LogP contribution is 2.33. The van der Waals surface area contributed by atoms with Gasteiger partial charge in [-0.05, 0) is 44.8 Å². The SMILES string of the molecule is Cc1sc(-c2ncc(Br)cc2Br)nc1N. The maximum atomic E-state index is 5.70. The van der Waals surface area contributed by atoms with Gasteiger partial charge in [-0.15, -0.1) is 11.3 Å². The van der Waals surface area contributed by atoms with Crippen molar-refractivity contribution >= 4 is 49.0 Å². The number of aryl methyl sites for hydroxylation is 1. The van der Waals surface area contributed by atoms with E-state index in [0.29, 0.717) is 5.82 Å². The molecule has 0 radical (unpaired) electrons. The van der Waals surface area contributed by atoms with Crippen LogP contribution in [0.4, 0.5) is 5.82 Å². The molecule has 2 aromatic rings. The first-order valence-corrected chi connectivity index (χ1v) is 6.52. The fourth-order valence-corrected chi connectivity index (χ4v) is 3.23. The van der Waals surface area contributed by atoms with Crippen LogP contribution in [-0.4, -0.2) is 9.97 Å². The predicted molar refractivity (Wildman–Crippen MR) is 69.9 cm³/mol. The van der Waals surface area contributed by atoms with Gasteiger partial charge in [0.2, 0.25) is 0 Å². The second-order valence-electron chi connectivity index (χ2n) is 2.94. The van der Waals surface area contributed by atoms with Crippen molar-refractivity contribution in [3.05, 3.63) is 26.1 Å². The number of anilines is 1. The van der Waals surface area contributed by atoms with Crippen molar-refractivity contribution in [3.63, 3.8) is 0 Å². The Morgan fingerprint density at radius 2 is 2.13 bits per heavy atom. The Kier molecular flexibility index (Phi) is 3.08. The average molecular weight is 349 g/mol. The number of pyridine rings is 1. The highest BCUT2D eigenvalue weighted by molar-refractivity contribution is 9.11. The van der Waals surface area contributed by atoms with Crippen LogP contribution in [-0.2, 0) is 0 Å². The van der Waals surface area contributed by atoms with E-state index in [1.54, 1.807) is 17.5 Å². The lowest BCUT2D eigenvalue weighted by Crippen LogP contribution is -1.88. The van der Waals surface area contributed by atoms with Crippen LogP contribution in [0, 0.1) is 6.92 Å². The Morgan fingerprint density at radius 3 is 2.67 bits per heavy atom. The van der Waals surface area contributed by atoms with Crippen molar-refractivity contribution in [1.29, 1.82) is 0 Å². The van der Waals surface area contributed by atoms with E-state index in [9.17, 15) is 0 Å². The Labute approximate surface area is 108 Å². The molecule has 3 nitrogen and oxygen atoms in total. The van der Waals surface area contributed by atoms with Crippen LogP contribution >= 0.6 is 43.2 Å². The van der Waals surface area contributed by atoms with Crippen molar-refractivity contribution in [2.45, 2.75) is 6.92 Å². The molecule has 0 bridgehead atoms. The summed E-state index contributed by atoms with van der Waals surface area (Å²) in [6, 6.07) is 1.94. The molecule has 2 N–H and O–H groups in total. The highest BCUT2D eigenvalue weighted by atomic mass is 79.9. The van der Waals surface area contributed by atoms with Gasteiger partial charge < -0.3 is 5.73 Å². The molecule has 0 fully saturated rings. The Hall–Kier alpha value is -0.460. The first-order valence-electron chi connectivity index (χ1n) is 4.12. The van der Waals surface area contributed by atoms with Crippen LogP contribution in [0.3, 0.4) is 0 Å². The quantitative estimate of drug-likeness (QED) is 0.856. The largest absolute Gasteiger partial charge is 0.383 e. The topological polar surface area (TPSA) is 51.8 Å². The molecule has 0 atom stereocenters. The molecule has 78 valence electrons. The van der Waals surface area contributed by atoms with Crippen molar-refractivity contribution in [2.24, 2.45) is 0 Å². The number of hydrogen-bond acceptors (Lipinski definition) is 4. The molecule has 0 aliphatic heterocycles. The van der Waals surface area contributed by atoms with E-state index >= 15 is 0 Å².